The number of nitrogens with two attached hydrogens (primary N) is 1. The van der Waals surface area contributed by atoms with Crippen molar-refractivity contribution >= 4 is 16.0 Å². The molecule has 0 aromatic heterocycles. The molecule has 0 fully saturated rings. The predicted octanol–water partition coefficient (Wildman–Crippen LogP) is -0.0197. The fourth-order valence-corrected chi connectivity index (χ4v) is 2.50. The van der Waals surface area contributed by atoms with E-state index in [1.807, 2.05) is 0 Å². The highest BCUT2D eigenvalue weighted by atomic mass is 32.2. The third kappa shape index (κ3) is 4.18. The molecular formula is C11H17FN4O2S. The van der Waals surface area contributed by atoms with Crippen LogP contribution in [-0.4, -0.2) is 45.9 Å². The zero-order chi connectivity index (χ0) is 14.5. The van der Waals surface area contributed by atoms with Crippen LogP contribution in [0.2, 0.25) is 0 Å². The van der Waals surface area contributed by atoms with Crippen molar-refractivity contribution in [2.75, 3.05) is 27.2 Å². The highest BCUT2D eigenvalue weighted by Gasteiger charge is 2.20. The lowest BCUT2D eigenvalue weighted by molar-refractivity contribution is 0.470. The molecule has 0 unspecified atom stereocenters. The molecule has 0 radical (unpaired) electrons. The van der Waals surface area contributed by atoms with Crippen molar-refractivity contribution in [2.45, 2.75) is 4.90 Å². The van der Waals surface area contributed by atoms with Crippen molar-refractivity contribution in [3.05, 3.63) is 30.1 Å². The standard InChI is InChI=1S/C11H17FN4O2S/c1-14-11(13)15-7-8-16(2)19(17,18)10-5-3-9(12)4-6-10/h3-6H,7-8H2,1-2H3,(H3,13,14,15). The number of likely N-dealkylation sites (N-methyl/N-ethyl adjacent to an activating group) is 1. The average Bonchev–Trinajstić information content (AvgIpc) is 2.38. The molecule has 0 spiro atoms. The Labute approximate surface area is 112 Å². The van der Waals surface area contributed by atoms with Gasteiger partial charge in [-0.15, -0.1) is 0 Å². The summed E-state index contributed by atoms with van der Waals surface area (Å²) in [5.41, 5.74) is 5.43. The van der Waals surface area contributed by atoms with Crippen LogP contribution in [0.5, 0.6) is 0 Å². The van der Waals surface area contributed by atoms with E-state index in [0.717, 1.165) is 16.4 Å². The fraction of sp³-hybridized carbons (Fsp3) is 0.364. The summed E-state index contributed by atoms with van der Waals surface area (Å²) in [6.07, 6.45) is 0. The number of hydrogen-bond donors (Lipinski definition) is 2. The molecule has 106 valence electrons. The van der Waals surface area contributed by atoms with Crippen molar-refractivity contribution < 1.29 is 12.8 Å². The van der Waals surface area contributed by atoms with Crippen LogP contribution in [0, 0.1) is 5.82 Å². The lowest BCUT2D eigenvalue weighted by atomic mass is 10.4. The van der Waals surface area contributed by atoms with E-state index in [1.165, 1.54) is 26.2 Å². The Bertz CT molecular complexity index is 542. The van der Waals surface area contributed by atoms with Gasteiger partial charge in [0, 0.05) is 27.2 Å². The molecule has 1 aromatic carbocycles. The lowest BCUT2D eigenvalue weighted by Gasteiger charge is -2.17. The smallest absolute Gasteiger partial charge is 0.242 e. The monoisotopic (exact) mass is 288 g/mol. The van der Waals surface area contributed by atoms with Gasteiger partial charge in [-0.1, -0.05) is 0 Å². The minimum Gasteiger partial charge on any atom is -0.370 e. The van der Waals surface area contributed by atoms with Crippen LogP contribution in [-0.2, 0) is 10.0 Å². The average molecular weight is 288 g/mol. The molecule has 0 saturated heterocycles. The second kappa shape index (κ2) is 6.48. The highest BCUT2D eigenvalue weighted by molar-refractivity contribution is 7.89. The summed E-state index contributed by atoms with van der Waals surface area (Å²) in [6.45, 7) is 0.552. The second-order valence-corrected chi connectivity index (χ2v) is 5.86. The molecule has 0 aliphatic rings. The SMILES string of the molecule is CN=C(N)NCCN(C)S(=O)(=O)c1ccc(F)cc1. The van der Waals surface area contributed by atoms with Crippen molar-refractivity contribution in [3.8, 4) is 0 Å². The molecule has 1 rings (SSSR count). The zero-order valence-electron chi connectivity index (χ0n) is 10.8. The van der Waals surface area contributed by atoms with Crippen LogP contribution in [0.15, 0.2) is 34.2 Å². The maximum absolute atomic E-state index is 12.8. The molecule has 1 aromatic rings. The number of guanidine groups is 1. The first-order chi connectivity index (χ1) is 8.87. The van der Waals surface area contributed by atoms with Gasteiger partial charge in [-0.25, -0.2) is 12.8 Å². The Balaban J connectivity index is 2.69. The normalized spacial score (nSPS) is 12.7. The quantitative estimate of drug-likeness (QED) is 0.589. The summed E-state index contributed by atoms with van der Waals surface area (Å²) in [6, 6.07) is 4.69. The number of aliphatic imine (C=N–C) groups is 1. The molecule has 0 heterocycles. The predicted molar refractivity (Wildman–Crippen MR) is 71.8 cm³/mol. The largest absolute Gasteiger partial charge is 0.370 e. The van der Waals surface area contributed by atoms with Crippen LogP contribution >= 0.6 is 0 Å². The first kappa shape index (κ1) is 15.4. The molecule has 0 saturated carbocycles. The van der Waals surface area contributed by atoms with E-state index in [2.05, 4.69) is 10.3 Å². The van der Waals surface area contributed by atoms with E-state index >= 15 is 0 Å². The molecule has 6 nitrogen and oxygen atoms in total. The Morgan fingerprint density at radius 3 is 2.53 bits per heavy atom. The van der Waals surface area contributed by atoms with Gasteiger partial charge in [0.15, 0.2) is 5.96 Å². The number of nitrogens with one attached hydrogen (secondary N) is 1. The van der Waals surface area contributed by atoms with Crippen molar-refractivity contribution in [1.29, 1.82) is 0 Å². The first-order valence-corrected chi connectivity index (χ1v) is 7.00. The van der Waals surface area contributed by atoms with Gasteiger partial charge in [-0.3, -0.25) is 4.99 Å². The fourth-order valence-electron chi connectivity index (χ4n) is 1.33. The summed E-state index contributed by atoms with van der Waals surface area (Å²) in [5.74, 6) is -0.234. The number of nitrogens with zero attached hydrogens (tertiary/aromatic N) is 2. The van der Waals surface area contributed by atoms with Crippen LogP contribution in [0.1, 0.15) is 0 Å². The summed E-state index contributed by atoms with van der Waals surface area (Å²) >= 11 is 0. The van der Waals surface area contributed by atoms with Crippen molar-refractivity contribution in [3.63, 3.8) is 0 Å². The van der Waals surface area contributed by atoms with Crippen LogP contribution in [0.25, 0.3) is 0 Å². The van der Waals surface area contributed by atoms with Gasteiger partial charge in [0.25, 0.3) is 0 Å². The maximum atomic E-state index is 12.8. The minimum atomic E-state index is -3.61. The van der Waals surface area contributed by atoms with Crippen LogP contribution in [0.4, 0.5) is 4.39 Å². The number of halogens is 1. The van der Waals surface area contributed by atoms with E-state index < -0.39 is 15.8 Å². The van der Waals surface area contributed by atoms with Crippen molar-refractivity contribution in [2.24, 2.45) is 10.7 Å². The molecule has 0 aliphatic carbocycles. The second-order valence-electron chi connectivity index (χ2n) is 3.82. The van der Waals surface area contributed by atoms with Crippen LogP contribution in [0.3, 0.4) is 0 Å². The van der Waals surface area contributed by atoms with Gasteiger partial charge in [-0.05, 0) is 24.3 Å². The third-order valence-electron chi connectivity index (χ3n) is 2.50. The van der Waals surface area contributed by atoms with E-state index in [9.17, 15) is 12.8 Å². The number of benzene rings is 1. The Morgan fingerprint density at radius 2 is 2.00 bits per heavy atom. The molecule has 0 aliphatic heterocycles. The molecule has 3 N–H and O–H groups in total. The lowest BCUT2D eigenvalue weighted by Crippen LogP contribution is -2.39. The third-order valence-corrected chi connectivity index (χ3v) is 4.37. The van der Waals surface area contributed by atoms with Gasteiger partial charge in [0.05, 0.1) is 4.90 Å². The summed E-state index contributed by atoms with van der Waals surface area (Å²) in [7, 11) is -0.641. The van der Waals surface area contributed by atoms with E-state index in [-0.39, 0.29) is 17.4 Å². The summed E-state index contributed by atoms with van der Waals surface area (Å²) < 4.78 is 38.1. The van der Waals surface area contributed by atoms with E-state index in [1.54, 1.807) is 0 Å². The van der Waals surface area contributed by atoms with Gasteiger partial charge < -0.3 is 11.1 Å². The molecule has 19 heavy (non-hydrogen) atoms. The topological polar surface area (TPSA) is 87.8 Å². The van der Waals surface area contributed by atoms with Gasteiger partial charge >= 0.3 is 0 Å². The van der Waals surface area contributed by atoms with E-state index in [4.69, 9.17) is 5.73 Å². The molecule has 8 heteroatoms. The number of rotatable bonds is 5. The molecule has 0 atom stereocenters. The van der Waals surface area contributed by atoms with Crippen LogP contribution < -0.4 is 11.1 Å². The van der Waals surface area contributed by atoms with Gasteiger partial charge in [0.2, 0.25) is 10.0 Å². The number of hydrogen-bond acceptors (Lipinski definition) is 3. The Hall–Kier alpha value is -1.67. The Kier molecular flexibility index (Phi) is 5.25. The zero-order valence-corrected chi connectivity index (χ0v) is 11.6. The van der Waals surface area contributed by atoms with Crippen molar-refractivity contribution in [1.82, 2.24) is 9.62 Å². The molecule has 0 bridgehead atoms. The Morgan fingerprint density at radius 1 is 1.42 bits per heavy atom. The van der Waals surface area contributed by atoms with E-state index in [0.29, 0.717) is 6.54 Å². The first-order valence-electron chi connectivity index (χ1n) is 5.56. The molecular weight excluding hydrogens is 271 g/mol. The van der Waals surface area contributed by atoms with Gasteiger partial charge in [0.1, 0.15) is 5.82 Å². The van der Waals surface area contributed by atoms with Gasteiger partial charge in [-0.2, -0.15) is 4.31 Å². The highest BCUT2D eigenvalue weighted by Crippen LogP contribution is 2.14. The molecule has 0 amide bonds. The number of sulfonamides is 1. The summed E-state index contributed by atoms with van der Waals surface area (Å²) in [4.78, 5) is 3.74. The maximum Gasteiger partial charge on any atom is 0.242 e. The summed E-state index contributed by atoms with van der Waals surface area (Å²) in [5, 5.41) is 2.76. The minimum absolute atomic E-state index is 0.0496.